The Kier molecular flexibility index (Phi) is 6.70. The second kappa shape index (κ2) is 8.76. The number of carbonyl (C=O) groups excluding carboxylic acids is 1. The number of halogens is 6. The zero-order valence-electron chi connectivity index (χ0n) is 16.9. The Labute approximate surface area is 188 Å². The van der Waals surface area contributed by atoms with Crippen molar-refractivity contribution in [2.45, 2.75) is 29.2 Å². The summed E-state index contributed by atoms with van der Waals surface area (Å²) in [5.41, 5.74) is -3.78. The van der Waals surface area contributed by atoms with Gasteiger partial charge in [-0.25, -0.2) is 18.2 Å². The zero-order chi connectivity index (χ0) is 24.7. The number of alkyl halides is 6. The molecule has 0 radical (unpaired) electrons. The lowest BCUT2D eigenvalue weighted by Gasteiger charge is -2.36. The van der Waals surface area contributed by atoms with Crippen molar-refractivity contribution in [2.75, 3.05) is 31.1 Å². The van der Waals surface area contributed by atoms with E-state index in [2.05, 4.69) is 9.72 Å². The Morgan fingerprint density at radius 3 is 2.06 bits per heavy atom. The molecule has 1 aromatic heterocycles. The van der Waals surface area contributed by atoms with E-state index in [1.165, 1.54) is 28.0 Å². The van der Waals surface area contributed by atoms with Gasteiger partial charge in [0.25, 0.3) is 10.0 Å². The van der Waals surface area contributed by atoms with Crippen LogP contribution in [0.5, 0.6) is 0 Å². The summed E-state index contributed by atoms with van der Waals surface area (Å²) >= 11 is 0.980. The maximum atomic E-state index is 13.5. The van der Waals surface area contributed by atoms with Gasteiger partial charge >= 0.3 is 18.3 Å². The lowest BCUT2D eigenvalue weighted by molar-refractivity contribution is -0.285. The van der Waals surface area contributed by atoms with Crippen LogP contribution in [-0.2, 0) is 25.2 Å². The first kappa shape index (κ1) is 25.2. The maximum Gasteiger partial charge on any atom is 0.490 e. The standard InChI is InChI=1S/C18H17F6N3O4S2/c1-16(18(22,23)24,31-14(28)17(19,20)21)12-2-4-13(5-3-12)26-7-9-27(10-8-26)33(29,30)15-25-6-11-32-15/h2-6,11H,7-10H2,1H3/t16-/m0/s1. The quantitative estimate of drug-likeness (QED) is 0.446. The molecule has 0 N–H and O–H groups in total. The molecular weight excluding hydrogens is 500 g/mol. The number of nitrogens with zero attached hydrogens (tertiary/aromatic N) is 3. The first-order chi connectivity index (χ1) is 15.2. The van der Waals surface area contributed by atoms with Gasteiger partial charge in [-0.2, -0.15) is 30.6 Å². The van der Waals surface area contributed by atoms with Gasteiger partial charge in [-0.05, 0) is 19.1 Å². The van der Waals surface area contributed by atoms with E-state index < -0.39 is 39.5 Å². The first-order valence-corrected chi connectivity index (χ1v) is 11.6. The molecule has 2 heterocycles. The smallest absolute Gasteiger partial charge is 0.438 e. The average molecular weight is 517 g/mol. The Bertz CT molecular complexity index is 1080. The molecule has 0 unspecified atom stereocenters. The third kappa shape index (κ3) is 5.09. The van der Waals surface area contributed by atoms with Crippen LogP contribution in [0.1, 0.15) is 12.5 Å². The number of sulfonamides is 1. The van der Waals surface area contributed by atoms with Crippen LogP contribution in [0.25, 0.3) is 0 Å². The van der Waals surface area contributed by atoms with E-state index in [1.807, 2.05) is 0 Å². The predicted molar refractivity (Wildman–Crippen MR) is 105 cm³/mol. The number of thiazole rings is 1. The number of anilines is 1. The van der Waals surface area contributed by atoms with E-state index in [9.17, 15) is 39.6 Å². The highest BCUT2D eigenvalue weighted by atomic mass is 32.2. The van der Waals surface area contributed by atoms with Crippen molar-refractivity contribution in [1.82, 2.24) is 9.29 Å². The third-order valence-electron chi connectivity index (χ3n) is 5.06. The highest BCUT2D eigenvalue weighted by molar-refractivity contribution is 7.91. The summed E-state index contributed by atoms with van der Waals surface area (Å²) in [6.07, 6.45) is -9.54. The molecule has 0 amide bonds. The van der Waals surface area contributed by atoms with Gasteiger partial charge in [-0.15, -0.1) is 11.3 Å². The van der Waals surface area contributed by atoms with Crippen molar-refractivity contribution in [1.29, 1.82) is 0 Å². The number of benzene rings is 1. The molecule has 0 saturated carbocycles. The minimum Gasteiger partial charge on any atom is -0.438 e. The predicted octanol–water partition coefficient (Wildman–Crippen LogP) is 3.54. The third-order valence-corrected chi connectivity index (χ3v) is 8.14. The second-order valence-electron chi connectivity index (χ2n) is 7.15. The summed E-state index contributed by atoms with van der Waals surface area (Å²) in [6.45, 7) is 1.00. The molecule has 1 fully saturated rings. The van der Waals surface area contributed by atoms with Gasteiger partial charge in [0, 0.05) is 49.0 Å². The summed E-state index contributed by atoms with van der Waals surface area (Å²) in [5.74, 6) is -2.95. The molecule has 33 heavy (non-hydrogen) atoms. The molecule has 15 heteroatoms. The summed E-state index contributed by atoms with van der Waals surface area (Å²) in [4.78, 5) is 16.6. The minimum absolute atomic E-state index is 0.0415. The van der Waals surface area contributed by atoms with Crippen molar-refractivity contribution < 1.29 is 44.3 Å². The molecule has 1 aliphatic rings. The minimum atomic E-state index is -5.59. The van der Waals surface area contributed by atoms with E-state index in [0.29, 0.717) is 12.6 Å². The van der Waals surface area contributed by atoms with Crippen molar-refractivity contribution in [3.63, 3.8) is 0 Å². The van der Waals surface area contributed by atoms with E-state index in [4.69, 9.17) is 0 Å². The molecule has 1 aromatic carbocycles. The fraction of sp³-hybridized carbons (Fsp3) is 0.444. The van der Waals surface area contributed by atoms with Gasteiger partial charge in [-0.1, -0.05) is 12.1 Å². The Morgan fingerprint density at radius 2 is 1.61 bits per heavy atom. The Morgan fingerprint density at radius 1 is 1.03 bits per heavy atom. The average Bonchev–Trinajstić information content (AvgIpc) is 3.28. The van der Waals surface area contributed by atoms with Crippen LogP contribution in [0.2, 0.25) is 0 Å². The number of hydrogen-bond donors (Lipinski definition) is 0. The topological polar surface area (TPSA) is 79.8 Å². The molecule has 3 rings (SSSR count). The molecule has 7 nitrogen and oxygen atoms in total. The number of hydrogen-bond acceptors (Lipinski definition) is 7. The maximum absolute atomic E-state index is 13.5. The van der Waals surface area contributed by atoms with Crippen molar-refractivity contribution in [3.8, 4) is 0 Å². The van der Waals surface area contributed by atoms with Gasteiger partial charge in [0.05, 0.1) is 0 Å². The Balaban J connectivity index is 1.75. The number of ether oxygens (including phenoxy) is 1. The molecular formula is C18H17F6N3O4S2. The van der Waals surface area contributed by atoms with Crippen LogP contribution in [0.15, 0.2) is 40.2 Å². The van der Waals surface area contributed by atoms with Gasteiger partial charge in [0.1, 0.15) is 0 Å². The number of carbonyl (C=O) groups is 1. The molecule has 1 saturated heterocycles. The van der Waals surface area contributed by atoms with Crippen LogP contribution in [0.4, 0.5) is 32.0 Å². The molecule has 0 spiro atoms. The second-order valence-corrected chi connectivity index (χ2v) is 10.2. The largest absolute Gasteiger partial charge is 0.490 e. The SMILES string of the molecule is C[C@](OC(=O)C(F)(F)F)(c1ccc(N2CCN(S(=O)(=O)c3nccs3)CC2)cc1)C(F)(F)F. The van der Waals surface area contributed by atoms with Crippen molar-refractivity contribution in [3.05, 3.63) is 41.4 Å². The number of rotatable bonds is 5. The van der Waals surface area contributed by atoms with E-state index >= 15 is 0 Å². The zero-order valence-corrected chi connectivity index (χ0v) is 18.5. The Hall–Kier alpha value is -2.39. The van der Waals surface area contributed by atoms with Gasteiger partial charge < -0.3 is 9.64 Å². The lowest BCUT2D eigenvalue weighted by atomic mass is 9.94. The normalized spacial score (nSPS) is 18.1. The fourth-order valence-electron chi connectivity index (χ4n) is 3.15. The fourth-order valence-corrected chi connectivity index (χ4v) is 5.54. The summed E-state index contributed by atoms with van der Waals surface area (Å²) in [5, 5.41) is 1.53. The summed E-state index contributed by atoms with van der Waals surface area (Å²) in [7, 11) is -3.74. The summed E-state index contributed by atoms with van der Waals surface area (Å²) in [6, 6.07) is 4.33. The van der Waals surface area contributed by atoms with Crippen molar-refractivity contribution >= 4 is 33.0 Å². The number of aromatic nitrogens is 1. The van der Waals surface area contributed by atoms with Gasteiger partial charge in [-0.3, -0.25) is 0 Å². The first-order valence-electron chi connectivity index (χ1n) is 9.28. The van der Waals surface area contributed by atoms with E-state index in [-0.39, 0.29) is 30.5 Å². The highest BCUT2D eigenvalue weighted by Crippen LogP contribution is 2.43. The molecule has 0 aliphatic carbocycles. The van der Waals surface area contributed by atoms with Gasteiger partial charge in [0.2, 0.25) is 9.94 Å². The molecule has 182 valence electrons. The monoisotopic (exact) mass is 517 g/mol. The van der Waals surface area contributed by atoms with Crippen LogP contribution >= 0.6 is 11.3 Å². The molecule has 0 bridgehead atoms. The van der Waals surface area contributed by atoms with Crippen molar-refractivity contribution in [2.24, 2.45) is 0 Å². The molecule has 1 aliphatic heterocycles. The van der Waals surface area contributed by atoms with E-state index in [1.54, 1.807) is 4.90 Å². The molecule has 1 atom stereocenters. The van der Waals surface area contributed by atoms with Crippen LogP contribution in [0.3, 0.4) is 0 Å². The van der Waals surface area contributed by atoms with Crippen LogP contribution in [0, 0.1) is 0 Å². The van der Waals surface area contributed by atoms with Crippen LogP contribution < -0.4 is 4.90 Å². The summed E-state index contributed by atoms with van der Waals surface area (Å²) < 4.78 is 108. The van der Waals surface area contributed by atoms with Gasteiger partial charge in [0.15, 0.2) is 0 Å². The highest BCUT2D eigenvalue weighted by Gasteiger charge is 2.59. The lowest BCUT2D eigenvalue weighted by Crippen LogP contribution is -2.48. The van der Waals surface area contributed by atoms with E-state index in [0.717, 1.165) is 23.5 Å². The molecule has 2 aromatic rings. The number of esters is 1. The van der Waals surface area contributed by atoms with Crippen LogP contribution in [-0.4, -0.2) is 62.2 Å². The number of piperazine rings is 1.